The first kappa shape index (κ1) is 32.9. The van der Waals surface area contributed by atoms with Gasteiger partial charge in [0.05, 0.1) is 21.5 Å². The number of benzene rings is 5. The van der Waals surface area contributed by atoms with Crippen LogP contribution in [0.5, 0.6) is 5.75 Å². The van der Waals surface area contributed by atoms with Crippen molar-refractivity contribution in [3.8, 4) is 5.75 Å². The number of hydrogen-bond donors (Lipinski definition) is 3. The first-order chi connectivity index (χ1) is 22.2. The Morgan fingerprint density at radius 1 is 0.783 bits per heavy atom. The van der Waals surface area contributed by atoms with Crippen molar-refractivity contribution in [1.82, 2.24) is 5.32 Å². The van der Waals surface area contributed by atoms with Crippen molar-refractivity contribution in [3.63, 3.8) is 0 Å². The van der Waals surface area contributed by atoms with Gasteiger partial charge in [0.1, 0.15) is 12.4 Å². The SMILES string of the molecule is NC(=O)c1cc(S(=O)(=O)c2ccc(CCNC(Cc3ccccc3)[C@H](O)c3cccc(Cl)c3)cc2)ccc1OCc1ccccc1. The normalized spacial score (nSPS) is 12.7. The number of ether oxygens (including phenoxy) is 1. The molecule has 5 rings (SSSR count). The molecule has 0 radical (unpaired) electrons. The Bertz CT molecular complexity index is 1870. The van der Waals surface area contributed by atoms with Gasteiger partial charge in [-0.25, -0.2) is 8.42 Å². The van der Waals surface area contributed by atoms with Crippen molar-refractivity contribution in [2.75, 3.05) is 6.54 Å². The van der Waals surface area contributed by atoms with E-state index in [1.807, 2.05) is 72.8 Å². The van der Waals surface area contributed by atoms with Crippen molar-refractivity contribution in [2.45, 2.75) is 41.4 Å². The minimum absolute atomic E-state index is 0.00952. The molecule has 5 aromatic rings. The Morgan fingerprint density at radius 3 is 2.09 bits per heavy atom. The molecule has 0 aromatic heterocycles. The van der Waals surface area contributed by atoms with Crippen LogP contribution in [0, 0.1) is 0 Å². The van der Waals surface area contributed by atoms with Crippen LogP contribution in [0.4, 0.5) is 0 Å². The molecule has 0 spiro atoms. The number of aliphatic hydroxyl groups is 1. The van der Waals surface area contributed by atoms with Crippen molar-refractivity contribution >= 4 is 27.3 Å². The van der Waals surface area contributed by atoms with E-state index in [9.17, 15) is 18.3 Å². The van der Waals surface area contributed by atoms with Crippen LogP contribution in [0.1, 0.15) is 38.7 Å². The number of aliphatic hydroxyl groups excluding tert-OH is 1. The molecule has 0 saturated heterocycles. The van der Waals surface area contributed by atoms with Gasteiger partial charge in [0, 0.05) is 11.1 Å². The van der Waals surface area contributed by atoms with Crippen LogP contribution in [0.2, 0.25) is 5.02 Å². The lowest BCUT2D eigenvalue weighted by molar-refractivity contribution is 0.0995. The number of carbonyl (C=O) groups excluding carboxylic acids is 1. The molecule has 0 aliphatic rings. The zero-order chi connectivity index (χ0) is 32.5. The highest BCUT2D eigenvalue weighted by molar-refractivity contribution is 7.91. The first-order valence-electron chi connectivity index (χ1n) is 14.9. The van der Waals surface area contributed by atoms with Crippen LogP contribution in [-0.2, 0) is 29.3 Å². The van der Waals surface area contributed by atoms with Crippen LogP contribution in [0.25, 0.3) is 0 Å². The van der Waals surface area contributed by atoms with Gasteiger partial charge in [0.2, 0.25) is 9.84 Å². The Hall–Kier alpha value is -4.47. The third kappa shape index (κ3) is 8.41. The number of rotatable bonds is 14. The molecular weight excluding hydrogens is 620 g/mol. The highest BCUT2D eigenvalue weighted by atomic mass is 35.5. The first-order valence-corrected chi connectivity index (χ1v) is 16.7. The molecule has 4 N–H and O–H groups in total. The second-order valence-corrected chi connectivity index (χ2v) is 13.3. The van der Waals surface area contributed by atoms with Gasteiger partial charge >= 0.3 is 0 Å². The topological polar surface area (TPSA) is 119 Å². The van der Waals surface area contributed by atoms with Gasteiger partial charge in [-0.3, -0.25) is 4.79 Å². The van der Waals surface area contributed by atoms with Crippen LogP contribution < -0.4 is 15.8 Å². The van der Waals surface area contributed by atoms with E-state index in [0.717, 1.165) is 22.3 Å². The van der Waals surface area contributed by atoms with Gasteiger partial charge in [-0.2, -0.15) is 0 Å². The molecule has 0 aliphatic heterocycles. The lowest BCUT2D eigenvalue weighted by atomic mass is 9.96. The van der Waals surface area contributed by atoms with Crippen molar-refractivity contribution in [1.29, 1.82) is 0 Å². The van der Waals surface area contributed by atoms with E-state index in [2.05, 4.69) is 5.32 Å². The fraction of sp³-hybridized carbons (Fsp3) is 0.162. The highest BCUT2D eigenvalue weighted by Gasteiger charge is 2.23. The van der Waals surface area contributed by atoms with Gasteiger partial charge in [-0.15, -0.1) is 0 Å². The number of nitrogens with one attached hydrogen (secondary N) is 1. The van der Waals surface area contributed by atoms with E-state index in [4.69, 9.17) is 22.1 Å². The number of nitrogens with two attached hydrogens (primary N) is 1. The highest BCUT2D eigenvalue weighted by Crippen LogP contribution is 2.28. The third-order valence-electron chi connectivity index (χ3n) is 7.69. The van der Waals surface area contributed by atoms with Gasteiger partial charge in [-0.1, -0.05) is 96.5 Å². The standard InChI is InChI=1S/C37H35ClN2O5S/c38-30-13-7-12-29(23-30)36(41)34(22-27-8-3-1-4-9-27)40-21-20-26-14-16-31(17-15-26)46(43,44)32-18-19-35(33(24-32)37(39)42)45-25-28-10-5-2-6-11-28/h1-19,23-24,34,36,40-41H,20-22,25H2,(H2,39,42)/t34?,36-/m1/s1. The van der Waals surface area contributed by atoms with E-state index in [0.29, 0.717) is 24.4 Å². The summed E-state index contributed by atoms with van der Waals surface area (Å²) in [7, 11) is -3.93. The average molecular weight is 655 g/mol. The molecule has 0 saturated carbocycles. The molecule has 46 heavy (non-hydrogen) atoms. The van der Waals surface area contributed by atoms with Crippen molar-refractivity contribution in [2.24, 2.45) is 5.73 Å². The Kier molecular flexibility index (Phi) is 10.9. The average Bonchev–Trinajstić information content (AvgIpc) is 3.07. The lowest BCUT2D eigenvalue weighted by Gasteiger charge is -2.25. The van der Waals surface area contributed by atoms with Crippen molar-refractivity contribution in [3.05, 3.63) is 160 Å². The van der Waals surface area contributed by atoms with Gasteiger partial charge in [0.15, 0.2) is 0 Å². The maximum absolute atomic E-state index is 13.5. The monoisotopic (exact) mass is 654 g/mol. The number of amides is 1. The molecule has 236 valence electrons. The summed E-state index contributed by atoms with van der Waals surface area (Å²) in [6.07, 6.45) is 0.425. The third-order valence-corrected chi connectivity index (χ3v) is 9.69. The molecule has 1 unspecified atom stereocenters. The van der Waals surface area contributed by atoms with E-state index >= 15 is 0 Å². The molecule has 0 bridgehead atoms. The largest absolute Gasteiger partial charge is 0.488 e. The molecule has 0 aliphatic carbocycles. The number of carbonyl (C=O) groups is 1. The Morgan fingerprint density at radius 2 is 1.43 bits per heavy atom. The molecule has 7 nitrogen and oxygen atoms in total. The lowest BCUT2D eigenvalue weighted by Crippen LogP contribution is -2.38. The number of primary amides is 1. The molecule has 0 heterocycles. The summed E-state index contributed by atoms with van der Waals surface area (Å²) in [5.41, 5.74) is 9.21. The Balaban J connectivity index is 1.25. The second-order valence-electron chi connectivity index (χ2n) is 10.9. The van der Waals surface area contributed by atoms with E-state index < -0.39 is 21.8 Å². The van der Waals surface area contributed by atoms with E-state index in [1.165, 1.54) is 18.2 Å². The fourth-order valence-electron chi connectivity index (χ4n) is 5.19. The van der Waals surface area contributed by atoms with Crippen molar-refractivity contribution < 1.29 is 23.1 Å². The number of halogens is 1. The maximum atomic E-state index is 13.5. The predicted octanol–water partition coefficient (Wildman–Crippen LogP) is 6.33. The summed E-state index contributed by atoms with van der Waals surface area (Å²) in [6.45, 7) is 0.754. The van der Waals surface area contributed by atoms with Gasteiger partial charge < -0.3 is 20.9 Å². The number of sulfone groups is 1. The quantitative estimate of drug-likeness (QED) is 0.129. The van der Waals surface area contributed by atoms with Gasteiger partial charge in [0.25, 0.3) is 5.91 Å². The second kappa shape index (κ2) is 15.2. The molecule has 2 atom stereocenters. The smallest absolute Gasteiger partial charge is 0.252 e. The van der Waals surface area contributed by atoms with Crippen LogP contribution in [0.3, 0.4) is 0 Å². The van der Waals surface area contributed by atoms with E-state index in [-0.39, 0.29) is 33.8 Å². The van der Waals surface area contributed by atoms with E-state index in [1.54, 1.807) is 36.4 Å². The fourth-order valence-corrected chi connectivity index (χ4v) is 6.68. The Labute approximate surface area is 274 Å². The number of hydrogen-bond acceptors (Lipinski definition) is 6. The van der Waals surface area contributed by atoms with Gasteiger partial charge in [-0.05, 0) is 84.1 Å². The predicted molar refractivity (Wildman–Crippen MR) is 180 cm³/mol. The summed E-state index contributed by atoms with van der Waals surface area (Å²) in [6, 6.07) is 37.0. The molecule has 5 aromatic carbocycles. The van der Waals surface area contributed by atoms with Crippen LogP contribution in [0.15, 0.2) is 137 Å². The summed E-state index contributed by atoms with van der Waals surface area (Å²) in [5, 5.41) is 15.3. The van der Waals surface area contributed by atoms with Crippen LogP contribution >= 0.6 is 11.6 Å². The maximum Gasteiger partial charge on any atom is 0.252 e. The minimum atomic E-state index is -3.93. The zero-order valence-electron chi connectivity index (χ0n) is 25.1. The summed E-state index contributed by atoms with van der Waals surface area (Å²) in [5.74, 6) is -0.571. The minimum Gasteiger partial charge on any atom is -0.488 e. The molecular formula is C37H35ClN2O5S. The van der Waals surface area contributed by atoms with Crippen LogP contribution in [-0.4, -0.2) is 32.0 Å². The summed E-state index contributed by atoms with van der Waals surface area (Å²) >= 11 is 6.18. The zero-order valence-corrected chi connectivity index (χ0v) is 26.6. The molecule has 1 amide bonds. The summed E-state index contributed by atoms with van der Waals surface area (Å²) < 4.78 is 32.7. The molecule has 0 fully saturated rings. The summed E-state index contributed by atoms with van der Waals surface area (Å²) in [4.78, 5) is 12.2. The molecule has 9 heteroatoms.